The summed E-state index contributed by atoms with van der Waals surface area (Å²) < 4.78 is 27.8. The first-order valence-corrected chi connectivity index (χ1v) is 8.40. The standard InChI is InChI=1S/C15H24N2O2S/c1-9-6-10(2)14(11(3)13(9)16)20(18,19)17-8-12-7-15(12,4)5/h6,12,17H,7-8,16H2,1-5H3. The van der Waals surface area contributed by atoms with Gasteiger partial charge in [0.05, 0.1) is 4.90 Å². The summed E-state index contributed by atoms with van der Waals surface area (Å²) in [5.41, 5.74) is 9.10. The molecule has 3 N–H and O–H groups in total. The molecule has 0 radical (unpaired) electrons. The predicted octanol–water partition coefficient (Wildman–Crippen LogP) is 2.52. The molecular formula is C15H24N2O2S. The van der Waals surface area contributed by atoms with E-state index in [-0.39, 0.29) is 5.41 Å². The van der Waals surface area contributed by atoms with Gasteiger partial charge in [-0.25, -0.2) is 13.1 Å². The van der Waals surface area contributed by atoms with Crippen molar-refractivity contribution in [2.75, 3.05) is 12.3 Å². The molecular weight excluding hydrogens is 272 g/mol. The van der Waals surface area contributed by atoms with Crippen LogP contribution in [0.5, 0.6) is 0 Å². The number of nitrogen functional groups attached to an aromatic ring is 1. The molecule has 1 aliphatic rings. The number of sulfonamides is 1. The Morgan fingerprint density at radius 1 is 1.30 bits per heavy atom. The molecule has 0 saturated heterocycles. The predicted molar refractivity (Wildman–Crippen MR) is 82.1 cm³/mol. The maximum Gasteiger partial charge on any atom is 0.241 e. The average molecular weight is 296 g/mol. The fraction of sp³-hybridized carbons (Fsp3) is 0.600. The molecule has 1 aromatic rings. The van der Waals surface area contributed by atoms with Crippen molar-refractivity contribution in [2.45, 2.75) is 45.9 Å². The molecule has 1 fully saturated rings. The van der Waals surface area contributed by atoms with Gasteiger partial charge in [-0.15, -0.1) is 0 Å². The normalized spacial score (nSPS) is 20.9. The summed E-state index contributed by atoms with van der Waals surface area (Å²) >= 11 is 0. The van der Waals surface area contributed by atoms with Crippen LogP contribution in [0.4, 0.5) is 5.69 Å². The van der Waals surface area contributed by atoms with E-state index in [4.69, 9.17) is 5.73 Å². The molecule has 2 rings (SSSR count). The second kappa shape index (κ2) is 4.74. The Kier molecular flexibility index (Phi) is 3.63. The molecule has 5 heteroatoms. The van der Waals surface area contributed by atoms with Gasteiger partial charge in [0.2, 0.25) is 10.0 Å². The third-order valence-electron chi connectivity index (χ3n) is 4.47. The van der Waals surface area contributed by atoms with Crippen molar-refractivity contribution < 1.29 is 8.42 Å². The number of rotatable bonds is 4. The van der Waals surface area contributed by atoms with Crippen molar-refractivity contribution in [3.8, 4) is 0 Å². The molecule has 1 saturated carbocycles. The van der Waals surface area contributed by atoms with Gasteiger partial charge < -0.3 is 5.73 Å². The Morgan fingerprint density at radius 3 is 2.35 bits per heavy atom. The zero-order chi connectivity index (χ0) is 15.3. The van der Waals surface area contributed by atoms with Crippen LogP contribution in [0.25, 0.3) is 0 Å². The average Bonchev–Trinajstić information content (AvgIpc) is 2.91. The quantitative estimate of drug-likeness (QED) is 0.839. The highest BCUT2D eigenvalue weighted by Crippen LogP contribution is 2.51. The summed E-state index contributed by atoms with van der Waals surface area (Å²) in [6, 6.07) is 1.83. The first-order chi connectivity index (χ1) is 9.06. The molecule has 0 bridgehead atoms. The van der Waals surface area contributed by atoms with Crippen LogP contribution in [-0.4, -0.2) is 15.0 Å². The van der Waals surface area contributed by atoms with Gasteiger partial charge in [-0.2, -0.15) is 0 Å². The number of nitrogens with one attached hydrogen (secondary N) is 1. The molecule has 1 aliphatic carbocycles. The molecule has 1 atom stereocenters. The van der Waals surface area contributed by atoms with Crippen molar-refractivity contribution in [1.29, 1.82) is 0 Å². The second-order valence-electron chi connectivity index (χ2n) is 6.62. The van der Waals surface area contributed by atoms with Crippen LogP contribution in [0.3, 0.4) is 0 Å². The van der Waals surface area contributed by atoms with E-state index in [2.05, 4.69) is 18.6 Å². The summed E-state index contributed by atoms with van der Waals surface area (Å²) in [7, 11) is -3.50. The summed E-state index contributed by atoms with van der Waals surface area (Å²) in [5, 5.41) is 0. The van der Waals surface area contributed by atoms with E-state index < -0.39 is 10.0 Å². The molecule has 112 valence electrons. The van der Waals surface area contributed by atoms with Crippen LogP contribution in [-0.2, 0) is 10.0 Å². The lowest BCUT2D eigenvalue weighted by Gasteiger charge is -2.16. The smallest absolute Gasteiger partial charge is 0.241 e. The molecule has 0 spiro atoms. The largest absolute Gasteiger partial charge is 0.398 e. The van der Waals surface area contributed by atoms with E-state index in [1.165, 1.54) is 0 Å². The van der Waals surface area contributed by atoms with E-state index >= 15 is 0 Å². The maximum absolute atomic E-state index is 12.5. The second-order valence-corrected chi connectivity index (χ2v) is 8.32. The maximum atomic E-state index is 12.5. The van der Waals surface area contributed by atoms with Gasteiger partial charge in [0.15, 0.2) is 0 Å². The monoisotopic (exact) mass is 296 g/mol. The van der Waals surface area contributed by atoms with Gasteiger partial charge in [-0.1, -0.05) is 19.9 Å². The number of benzene rings is 1. The van der Waals surface area contributed by atoms with Crippen molar-refractivity contribution in [3.63, 3.8) is 0 Å². The number of aryl methyl sites for hydroxylation is 2. The number of hydrogen-bond acceptors (Lipinski definition) is 3. The lowest BCUT2D eigenvalue weighted by molar-refractivity contribution is 0.537. The van der Waals surface area contributed by atoms with Crippen LogP contribution >= 0.6 is 0 Å². The van der Waals surface area contributed by atoms with E-state index in [0.717, 1.165) is 17.5 Å². The summed E-state index contributed by atoms with van der Waals surface area (Å²) in [4.78, 5) is 0.332. The topological polar surface area (TPSA) is 72.2 Å². The van der Waals surface area contributed by atoms with Crippen molar-refractivity contribution >= 4 is 15.7 Å². The minimum atomic E-state index is -3.50. The van der Waals surface area contributed by atoms with E-state index in [1.807, 2.05) is 19.9 Å². The summed E-state index contributed by atoms with van der Waals surface area (Å²) in [6.07, 6.45) is 1.07. The van der Waals surface area contributed by atoms with E-state index in [9.17, 15) is 8.42 Å². The van der Waals surface area contributed by atoms with Gasteiger partial charge >= 0.3 is 0 Å². The van der Waals surface area contributed by atoms with E-state index in [1.54, 1.807) is 6.92 Å². The van der Waals surface area contributed by atoms with Crippen molar-refractivity contribution in [3.05, 3.63) is 22.8 Å². The van der Waals surface area contributed by atoms with Gasteiger partial charge in [0.1, 0.15) is 0 Å². The van der Waals surface area contributed by atoms with Crippen molar-refractivity contribution in [1.82, 2.24) is 4.72 Å². The fourth-order valence-electron chi connectivity index (χ4n) is 2.80. The Hall–Kier alpha value is -1.07. The first kappa shape index (κ1) is 15.3. The minimum Gasteiger partial charge on any atom is -0.398 e. The Morgan fingerprint density at radius 2 is 1.85 bits per heavy atom. The number of anilines is 1. The molecule has 0 aromatic heterocycles. The molecule has 1 unspecified atom stereocenters. The van der Waals surface area contributed by atoms with Crippen LogP contribution in [0.1, 0.15) is 37.0 Å². The van der Waals surface area contributed by atoms with Crippen LogP contribution in [0.15, 0.2) is 11.0 Å². The Bertz CT molecular complexity index is 648. The van der Waals surface area contributed by atoms with Gasteiger partial charge in [-0.05, 0) is 55.2 Å². The molecule has 4 nitrogen and oxygen atoms in total. The Balaban J connectivity index is 2.28. The van der Waals surface area contributed by atoms with Gasteiger partial charge in [0, 0.05) is 12.2 Å². The molecule has 0 aliphatic heterocycles. The highest BCUT2D eigenvalue weighted by molar-refractivity contribution is 7.89. The molecule has 0 amide bonds. The Labute approximate surface area is 121 Å². The number of nitrogens with two attached hydrogens (primary N) is 1. The zero-order valence-corrected chi connectivity index (χ0v) is 13.7. The van der Waals surface area contributed by atoms with Gasteiger partial charge in [-0.3, -0.25) is 0 Å². The SMILES string of the molecule is Cc1cc(C)c(S(=O)(=O)NCC2CC2(C)C)c(C)c1N. The highest BCUT2D eigenvalue weighted by Gasteiger charge is 2.45. The first-order valence-electron chi connectivity index (χ1n) is 6.92. The third kappa shape index (κ3) is 2.69. The van der Waals surface area contributed by atoms with Crippen LogP contribution in [0.2, 0.25) is 0 Å². The lowest BCUT2D eigenvalue weighted by Crippen LogP contribution is -2.28. The van der Waals surface area contributed by atoms with Crippen LogP contribution in [0, 0.1) is 32.1 Å². The lowest BCUT2D eigenvalue weighted by atomic mass is 10.1. The van der Waals surface area contributed by atoms with Gasteiger partial charge in [0.25, 0.3) is 0 Å². The fourth-order valence-corrected chi connectivity index (χ4v) is 4.36. The highest BCUT2D eigenvalue weighted by atomic mass is 32.2. The molecule has 0 heterocycles. The van der Waals surface area contributed by atoms with Crippen LogP contribution < -0.4 is 10.5 Å². The minimum absolute atomic E-state index is 0.263. The molecule has 20 heavy (non-hydrogen) atoms. The summed E-state index contributed by atoms with van der Waals surface area (Å²) in [5.74, 6) is 0.431. The third-order valence-corrected chi connectivity index (χ3v) is 6.18. The van der Waals surface area contributed by atoms with E-state index in [0.29, 0.717) is 28.6 Å². The van der Waals surface area contributed by atoms with Crippen molar-refractivity contribution in [2.24, 2.45) is 11.3 Å². The molecule has 1 aromatic carbocycles. The summed E-state index contributed by atoms with van der Waals surface area (Å²) in [6.45, 7) is 10.3. The zero-order valence-electron chi connectivity index (χ0n) is 12.9. The number of hydrogen-bond donors (Lipinski definition) is 2.